The zero-order valence-corrected chi connectivity index (χ0v) is 24.9. The number of benzene rings is 2. The van der Waals surface area contributed by atoms with E-state index >= 15 is 4.39 Å². The number of urea groups is 1. The number of pyridine rings is 1. The number of rotatable bonds is 13. The molecule has 1 aromatic heterocycles. The van der Waals surface area contributed by atoms with Crippen molar-refractivity contribution in [2.24, 2.45) is 5.92 Å². The van der Waals surface area contributed by atoms with Crippen LogP contribution in [-0.2, 0) is 21.5 Å². The third-order valence-corrected chi connectivity index (χ3v) is 7.71. The maximum absolute atomic E-state index is 15.0. The zero-order chi connectivity index (χ0) is 33.5. The number of carboxylic acids is 1. The number of alkyl halides is 4. The Morgan fingerprint density at radius 3 is 2.46 bits per heavy atom. The van der Waals surface area contributed by atoms with Gasteiger partial charge in [0.25, 0.3) is 0 Å². The van der Waals surface area contributed by atoms with Gasteiger partial charge in [0, 0.05) is 31.3 Å². The highest BCUT2D eigenvalue weighted by Gasteiger charge is 2.45. The quantitative estimate of drug-likeness (QED) is 0.174. The molecule has 3 aromatic rings. The van der Waals surface area contributed by atoms with Gasteiger partial charge >= 0.3 is 24.5 Å². The number of hydrogen-bond acceptors (Lipinski definition) is 5. The molecular weight excluding hydrogens is 639 g/mol. The highest BCUT2D eigenvalue weighted by atomic mass is 35.5. The van der Waals surface area contributed by atoms with Crippen molar-refractivity contribution in [1.29, 1.82) is 0 Å². The van der Waals surface area contributed by atoms with E-state index in [4.69, 9.17) is 16.7 Å². The summed E-state index contributed by atoms with van der Waals surface area (Å²) < 4.78 is 73.0. The first-order chi connectivity index (χ1) is 21.8. The van der Waals surface area contributed by atoms with Crippen molar-refractivity contribution < 1.29 is 46.2 Å². The van der Waals surface area contributed by atoms with Crippen molar-refractivity contribution in [3.05, 3.63) is 94.5 Å². The van der Waals surface area contributed by atoms with Gasteiger partial charge in [-0.15, -0.1) is 0 Å². The van der Waals surface area contributed by atoms with Crippen LogP contribution >= 0.6 is 11.6 Å². The van der Waals surface area contributed by atoms with Crippen LogP contribution in [0.2, 0.25) is 5.02 Å². The first-order valence-corrected chi connectivity index (χ1v) is 14.6. The lowest BCUT2D eigenvalue weighted by atomic mass is 9.80. The van der Waals surface area contributed by atoms with E-state index in [0.29, 0.717) is 30.9 Å². The SMILES string of the molecule is O=C(O)CCNC(=O)[C@H]1CCC[C@H]1NC(=O)N[C@@](Cc1ccccc1)(c1cc(F)cc(OC(F)(F)C(F)F)c1)c1ccc(Cl)cn1. The van der Waals surface area contributed by atoms with Crippen LogP contribution in [0.4, 0.5) is 26.7 Å². The van der Waals surface area contributed by atoms with Crippen LogP contribution in [0.3, 0.4) is 0 Å². The van der Waals surface area contributed by atoms with Crippen molar-refractivity contribution in [3.8, 4) is 5.75 Å². The third kappa shape index (κ3) is 8.62. The first kappa shape index (κ1) is 34.4. The van der Waals surface area contributed by atoms with Gasteiger partial charge in [0.05, 0.1) is 23.1 Å². The molecule has 1 aliphatic rings. The highest BCUT2D eigenvalue weighted by Crippen LogP contribution is 2.37. The van der Waals surface area contributed by atoms with Crippen molar-refractivity contribution in [2.75, 3.05) is 6.54 Å². The van der Waals surface area contributed by atoms with Crippen LogP contribution in [0.1, 0.15) is 42.5 Å². The second kappa shape index (κ2) is 14.8. The third-order valence-electron chi connectivity index (χ3n) is 7.48. The highest BCUT2D eigenvalue weighted by molar-refractivity contribution is 6.30. The molecule has 1 heterocycles. The Bertz CT molecular complexity index is 1530. The van der Waals surface area contributed by atoms with E-state index < -0.39 is 59.5 Å². The monoisotopic (exact) mass is 668 g/mol. The van der Waals surface area contributed by atoms with E-state index in [-0.39, 0.29) is 35.7 Å². The minimum absolute atomic E-state index is 0.0856. The largest absolute Gasteiger partial charge is 0.481 e. The molecule has 0 bridgehead atoms. The fraction of sp³-hybridized carbons (Fsp3) is 0.355. The molecule has 2 aromatic carbocycles. The number of hydrogen-bond donors (Lipinski definition) is 4. The van der Waals surface area contributed by atoms with Crippen LogP contribution in [0, 0.1) is 11.7 Å². The average Bonchev–Trinajstić information content (AvgIpc) is 3.45. The lowest BCUT2D eigenvalue weighted by molar-refractivity contribution is -0.253. The predicted octanol–water partition coefficient (Wildman–Crippen LogP) is 5.66. The standard InChI is InChI=1S/C31H30ClF5N4O5/c32-20-9-10-25(39-17-20)30(16-18-5-2-1-3-6-18,19-13-21(33)15-22(14-19)46-31(36,37)28(34)35)41-29(45)40-24-8-4-7-23(24)27(44)38-12-11-26(42)43/h1-3,5-6,9-10,13-15,17,23-24,28H,4,7-8,11-12,16H2,(H,38,44)(H,42,43)(H2,40,41,45)/t23-,24+,30-/m0/s1. The molecule has 0 aliphatic heterocycles. The molecule has 46 heavy (non-hydrogen) atoms. The molecule has 246 valence electrons. The van der Waals surface area contributed by atoms with Crippen LogP contribution < -0.4 is 20.7 Å². The van der Waals surface area contributed by atoms with Crippen LogP contribution in [0.25, 0.3) is 0 Å². The lowest BCUT2D eigenvalue weighted by Gasteiger charge is -2.36. The topological polar surface area (TPSA) is 130 Å². The lowest BCUT2D eigenvalue weighted by Crippen LogP contribution is -2.55. The number of nitrogens with zero attached hydrogens (tertiary/aromatic N) is 1. The Balaban J connectivity index is 1.75. The maximum Gasteiger partial charge on any atom is 0.461 e. The van der Waals surface area contributed by atoms with E-state index in [2.05, 4.69) is 25.7 Å². The van der Waals surface area contributed by atoms with E-state index in [1.165, 1.54) is 18.3 Å². The Morgan fingerprint density at radius 2 is 1.80 bits per heavy atom. The Morgan fingerprint density at radius 1 is 1.07 bits per heavy atom. The number of amides is 3. The van der Waals surface area contributed by atoms with Gasteiger partial charge in [0.15, 0.2) is 0 Å². The summed E-state index contributed by atoms with van der Waals surface area (Å²) in [7, 11) is 0. The molecule has 0 saturated heterocycles. The van der Waals surface area contributed by atoms with E-state index in [0.717, 1.165) is 12.1 Å². The molecule has 0 spiro atoms. The van der Waals surface area contributed by atoms with E-state index in [1.807, 2.05) is 0 Å². The molecular formula is C31H30ClF5N4O5. The number of nitrogens with one attached hydrogen (secondary N) is 3. The summed E-state index contributed by atoms with van der Waals surface area (Å²) in [5, 5.41) is 17.2. The van der Waals surface area contributed by atoms with Crippen molar-refractivity contribution in [1.82, 2.24) is 20.9 Å². The molecule has 1 saturated carbocycles. The van der Waals surface area contributed by atoms with Crippen LogP contribution in [-0.4, -0.2) is 53.1 Å². The summed E-state index contributed by atoms with van der Waals surface area (Å²) in [6.45, 7) is -0.0966. The number of carboxylic acid groups (broad SMARTS) is 1. The summed E-state index contributed by atoms with van der Waals surface area (Å²) in [4.78, 5) is 41.7. The summed E-state index contributed by atoms with van der Waals surface area (Å²) in [6.07, 6.45) is -6.90. The van der Waals surface area contributed by atoms with Gasteiger partial charge in [-0.25, -0.2) is 9.18 Å². The number of carbonyl (C=O) groups is 3. The fourth-order valence-electron chi connectivity index (χ4n) is 5.39. The van der Waals surface area contributed by atoms with Crippen molar-refractivity contribution >= 4 is 29.5 Å². The van der Waals surface area contributed by atoms with E-state index in [9.17, 15) is 31.9 Å². The molecule has 1 aliphatic carbocycles. The van der Waals surface area contributed by atoms with Gasteiger partial charge in [-0.2, -0.15) is 17.6 Å². The zero-order valence-electron chi connectivity index (χ0n) is 24.1. The van der Waals surface area contributed by atoms with Crippen molar-refractivity contribution in [3.63, 3.8) is 0 Å². The second-order valence-corrected chi connectivity index (χ2v) is 11.2. The molecule has 15 heteroatoms. The van der Waals surface area contributed by atoms with Gasteiger partial charge in [-0.3, -0.25) is 14.6 Å². The average molecular weight is 669 g/mol. The minimum Gasteiger partial charge on any atom is -0.481 e. The molecule has 4 rings (SSSR count). The van der Waals surface area contributed by atoms with Gasteiger partial charge < -0.3 is 25.8 Å². The molecule has 4 N–H and O–H groups in total. The van der Waals surface area contributed by atoms with Gasteiger partial charge in [-0.1, -0.05) is 48.4 Å². The summed E-state index contributed by atoms with van der Waals surface area (Å²) >= 11 is 6.07. The molecule has 1 fully saturated rings. The first-order valence-electron chi connectivity index (χ1n) is 14.2. The van der Waals surface area contributed by atoms with E-state index in [1.54, 1.807) is 30.3 Å². The number of aliphatic carboxylic acids is 1. The Kier molecular flexibility index (Phi) is 11.0. The number of aromatic nitrogens is 1. The molecule has 0 unspecified atom stereocenters. The maximum atomic E-state index is 15.0. The van der Waals surface area contributed by atoms with Gasteiger partial charge in [0.2, 0.25) is 5.91 Å². The second-order valence-electron chi connectivity index (χ2n) is 10.7. The predicted molar refractivity (Wildman–Crippen MR) is 156 cm³/mol. The van der Waals surface area contributed by atoms with Crippen molar-refractivity contribution in [2.45, 2.75) is 56.2 Å². The molecule has 0 radical (unpaired) electrons. The molecule has 3 atom stereocenters. The summed E-state index contributed by atoms with van der Waals surface area (Å²) in [6, 6.07) is 12.2. The number of carbonyl (C=O) groups excluding carboxylic acids is 2. The minimum atomic E-state index is -4.95. The normalized spacial score (nSPS) is 17.6. The molecule has 9 nitrogen and oxygen atoms in total. The summed E-state index contributed by atoms with van der Waals surface area (Å²) in [5.41, 5.74) is -1.33. The van der Waals surface area contributed by atoms with Crippen LogP contribution in [0.15, 0.2) is 66.9 Å². The summed E-state index contributed by atoms with van der Waals surface area (Å²) in [5.74, 6) is -4.26. The fourth-order valence-corrected chi connectivity index (χ4v) is 5.50. The number of halogens is 6. The number of ether oxygens (including phenoxy) is 1. The Labute approximate surface area is 265 Å². The van der Waals surface area contributed by atoms with Gasteiger partial charge in [-0.05, 0) is 48.2 Å². The molecule has 3 amide bonds. The van der Waals surface area contributed by atoms with Gasteiger partial charge in [0.1, 0.15) is 17.1 Å². The smallest absolute Gasteiger partial charge is 0.461 e. The Hall–Kier alpha value is -4.46. The van der Waals surface area contributed by atoms with Crippen LogP contribution in [0.5, 0.6) is 5.75 Å².